The van der Waals surface area contributed by atoms with Gasteiger partial charge in [0, 0.05) is 20.5 Å². The zero-order chi connectivity index (χ0) is 19.3. The van der Waals surface area contributed by atoms with Gasteiger partial charge >= 0.3 is 0 Å². The SMILES string of the molecule is Sc1cccc(-c2ccc(Cl)cc2)c1-c1ccc(Cl)cc1.[O-][Cl+3]([O-])([O-])O. The van der Waals surface area contributed by atoms with Gasteiger partial charge < -0.3 is 0 Å². The van der Waals surface area contributed by atoms with E-state index in [9.17, 15) is 0 Å². The smallest absolute Gasteiger partial charge is 0.0777 e. The van der Waals surface area contributed by atoms with Crippen molar-refractivity contribution >= 4 is 35.8 Å². The van der Waals surface area contributed by atoms with E-state index in [0.29, 0.717) is 0 Å². The quantitative estimate of drug-likeness (QED) is 0.610. The second kappa shape index (κ2) is 9.08. The molecular weight excluding hydrogens is 419 g/mol. The van der Waals surface area contributed by atoms with E-state index in [1.54, 1.807) is 0 Å². The van der Waals surface area contributed by atoms with E-state index in [4.69, 9.17) is 41.8 Å². The first kappa shape index (κ1) is 21.0. The van der Waals surface area contributed by atoms with Crippen LogP contribution in [0, 0.1) is 10.2 Å². The van der Waals surface area contributed by atoms with E-state index in [1.807, 2.05) is 60.7 Å². The highest BCUT2D eigenvalue weighted by atomic mass is 35.7. The van der Waals surface area contributed by atoms with Crippen LogP contribution in [0.3, 0.4) is 0 Å². The zero-order valence-electron chi connectivity index (χ0n) is 13.1. The summed E-state index contributed by atoms with van der Waals surface area (Å²) < 4.78 is 32.7. The molecule has 0 aromatic heterocycles. The van der Waals surface area contributed by atoms with Crippen LogP contribution in [0.2, 0.25) is 10.0 Å². The van der Waals surface area contributed by atoms with Gasteiger partial charge in [-0.3, -0.25) is 0 Å². The molecule has 0 heterocycles. The summed E-state index contributed by atoms with van der Waals surface area (Å²) >= 11 is 16.6. The van der Waals surface area contributed by atoms with E-state index in [0.717, 1.165) is 37.2 Å². The molecule has 0 amide bonds. The molecule has 26 heavy (non-hydrogen) atoms. The molecule has 0 unspecified atom stereocenters. The summed E-state index contributed by atoms with van der Waals surface area (Å²) in [4.78, 5) is 0.935. The zero-order valence-corrected chi connectivity index (χ0v) is 16.3. The fourth-order valence-corrected chi connectivity index (χ4v) is 2.92. The summed E-state index contributed by atoms with van der Waals surface area (Å²) in [6.45, 7) is 0. The molecule has 3 aromatic carbocycles. The van der Waals surface area contributed by atoms with Gasteiger partial charge in [0.15, 0.2) is 0 Å². The summed E-state index contributed by atoms with van der Waals surface area (Å²) in [5.74, 6) is 0. The number of halogens is 3. The van der Waals surface area contributed by atoms with Gasteiger partial charge in [-0.05, 0) is 47.0 Å². The first-order chi connectivity index (χ1) is 12.1. The van der Waals surface area contributed by atoms with Crippen LogP contribution in [0.25, 0.3) is 22.3 Å². The minimum absolute atomic E-state index is 0.725. The molecule has 3 rings (SSSR count). The van der Waals surface area contributed by atoms with Crippen LogP contribution in [0.1, 0.15) is 0 Å². The monoisotopic (exact) mass is 430 g/mol. The average molecular weight is 432 g/mol. The van der Waals surface area contributed by atoms with E-state index < -0.39 is 10.2 Å². The van der Waals surface area contributed by atoms with Gasteiger partial charge in [0.2, 0.25) is 0 Å². The van der Waals surface area contributed by atoms with Gasteiger partial charge in [0.25, 0.3) is 0 Å². The van der Waals surface area contributed by atoms with Crippen molar-refractivity contribution in [3.8, 4) is 22.3 Å². The number of rotatable bonds is 2. The van der Waals surface area contributed by atoms with Crippen LogP contribution < -0.4 is 14.0 Å². The number of thiol groups is 1. The second-order valence-electron chi connectivity index (χ2n) is 5.11. The highest BCUT2D eigenvalue weighted by Crippen LogP contribution is 2.37. The molecule has 0 spiro atoms. The molecule has 1 N–H and O–H groups in total. The van der Waals surface area contributed by atoms with Gasteiger partial charge in [-0.15, -0.1) is 12.6 Å². The third-order valence-electron chi connectivity index (χ3n) is 3.33. The summed E-state index contributed by atoms with van der Waals surface area (Å²) in [7, 11) is -4.69. The Kier molecular flexibility index (Phi) is 7.34. The lowest BCUT2D eigenvalue weighted by Gasteiger charge is -2.13. The van der Waals surface area contributed by atoms with Gasteiger partial charge in [-0.25, -0.2) is 0 Å². The fraction of sp³-hybridized carbons (Fsp3) is 0. The lowest BCUT2D eigenvalue weighted by atomic mass is 9.94. The highest BCUT2D eigenvalue weighted by Gasteiger charge is 2.10. The van der Waals surface area contributed by atoms with Crippen molar-refractivity contribution in [1.29, 1.82) is 0 Å². The Balaban J connectivity index is 0.000000431. The van der Waals surface area contributed by atoms with Crippen molar-refractivity contribution < 1.29 is 28.9 Å². The number of hydrogen-bond donors (Lipinski definition) is 2. The maximum absolute atomic E-state index is 8.60. The summed E-state index contributed by atoms with van der Waals surface area (Å²) in [5, 5.41) is 1.46. The Morgan fingerprint density at radius 3 is 1.62 bits per heavy atom. The minimum Gasteiger partial charge on any atom is -0.183 e. The van der Waals surface area contributed by atoms with E-state index >= 15 is 0 Å². The Morgan fingerprint density at radius 2 is 1.15 bits per heavy atom. The predicted molar refractivity (Wildman–Crippen MR) is 96.8 cm³/mol. The molecular formula is C18H13Cl3O4S. The lowest BCUT2D eigenvalue weighted by Crippen LogP contribution is -2.58. The van der Waals surface area contributed by atoms with Crippen LogP contribution >= 0.6 is 35.8 Å². The molecule has 0 atom stereocenters. The van der Waals surface area contributed by atoms with Crippen LogP contribution in [-0.4, -0.2) is 4.66 Å². The molecule has 0 aliphatic heterocycles. The summed E-state index contributed by atoms with van der Waals surface area (Å²) in [6.07, 6.45) is 0. The molecule has 0 aliphatic rings. The van der Waals surface area contributed by atoms with Gasteiger partial charge in [0.05, 0.1) is 14.9 Å². The van der Waals surface area contributed by atoms with Crippen molar-refractivity contribution in [2.45, 2.75) is 4.90 Å². The van der Waals surface area contributed by atoms with Crippen LogP contribution in [0.15, 0.2) is 71.6 Å². The van der Waals surface area contributed by atoms with Gasteiger partial charge in [-0.2, -0.15) is 14.0 Å². The minimum atomic E-state index is -4.69. The molecule has 0 aliphatic carbocycles. The molecule has 0 radical (unpaired) electrons. The third kappa shape index (κ3) is 6.46. The Hall–Kier alpha value is -1.28. The molecule has 3 aromatic rings. The predicted octanol–water partition coefficient (Wildman–Crippen LogP) is 2.49. The van der Waals surface area contributed by atoms with Crippen molar-refractivity contribution in [3.63, 3.8) is 0 Å². The van der Waals surface area contributed by atoms with Gasteiger partial charge in [0.1, 0.15) is 0 Å². The Labute approximate surface area is 168 Å². The van der Waals surface area contributed by atoms with E-state index in [1.165, 1.54) is 0 Å². The fourth-order valence-electron chi connectivity index (χ4n) is 2.33. The van der Waals surface area contributed by atoms with Crippen molar-refractivity contribution in [3.05, 3.63) is 76.8 Å². The molecule has 8 heteroatoms. The molecule has 0 bridgehead atoms. The van der Waals surface area contributed by atoms with Crippen LogP contribution in [0.5, 0.6) is 0 Å². The Bertz CT molecular complexity index is 857. The topological polar surface area (TPSA) is 89.4 Å². The molecule has 0 saturated carbocycles. The summed E-state index contributed by atoms with van der Waals surface area (Å²) in [6, 6.07) is 21.7. The lowest BCUT2D eigenvalue weighted by molar-refractivity contribution is -1.92. The molecule has 0 saturated heterocycles. The highest BCUT2D eigenvalue weighted by molar-refractivity contribution is 7.80. The maximum atomic E-state index is 8.60. The van der Waals surface area contributed by atoms with E-state index in [-0.39, 0.29) is 0 Å². The van der Waals surface area contributed by atoms with Crippen molar-refractivity contribution in [2.24, 2.45) is 0 Å². The van der Waals surface area contributed by atoms with Crippen LogP contribution in [-0.2, 0) is 0 Å². The maximum Gasteiger partial charge on any atom is 0.0777 e. The van der Waals surface area contributed by atoms with Gasteiger partial charge in [-0.1, -0.05) is 59.6 Å². The van der Waals surface area contributed by atoms with E-state index in [2.05, 4.69) is 18.7 Å². The van der Waals surface area contributed by atoms with Crippen LogP contribution in [0.4, 0.5) is 0 Å². The summed E-state index contributed by atoms with van der Waals surface area (Å²) in [5.41, 5.74) is 4.43. The molecule has 0 fully saturated rings. The second-order valence-corrected chi connectivity index (χ2v) is 7.26. The normalized spacial score (nSPS) is 10.9. The first-order valence-corrected chi connectivity index (χ1v) is 9.59. The average Bonchev–Trinajstić information content (AvgIpc) is 2.55. The largest absolute Gasteiger partial charge is 0.183 e. The van der Waals surface area contributed by atoms with Crippen molar-refractivity contribution in [2.75, 3.05) is 0 Å². The standard InChI is InChI=1S/C18H12Cl2S.ClHO4/c19-14-8-4-12(5-9-14)16-2-1-3-17(21)18(16)13-6-10-15(20)11-7-13;2-1(3,4)5/h1-11,21H;(H,2,3,4,5). The first-order valence-electron chi connectivity index (χ1n) is 7.12. The number of benzene rings is 3. The number of hydrogen-bond acceptors (Lipinski definition) is 5. The molecule has 4 nitrogen and oxygen atoms in total. The van der Waals surface area contributed by atoms with Crippen molar-refractivity contribution in [1.82, 2.24) is 0 Å². The third-order valence-corrected chi connectivity index (χ3v) is 4.21. The Morgan fingerprint density at radius 1 is 0.731 bits per heavy atom. The molecule has 136 valence electrons.